The van der Waals surface area contributed by atoms with E-state index in [0.717, 1.165) is 6.42 Å². The fourth-order valence-electron chi connectivity index (χ4n) is 6.03. The minimum absolute atomic E-state index is 0.138. The van der Waals surface area contributed by atoms with Gasteiger partial charge in [0, 0.05) is 6.42 Å². The first-order chi connectivity index (χ1) is 9.84. The molecule has 4 aliphatic carbocycles. The summed E-state index contributed by atoms with van der Waals surface area (Å²) in [6.45, 7) is 4.85. The Morgan fingerprint density at radius 1 is 1.05 bits per heavy atom. The molecule has 21 heavy (non-hydrogen) atoms. The van der Waals surface area contributed by atoms with Crippen LogP contribution in [0.2, 0.25) is 0 Å². The molecule has 4 rings (SSSR count). The molecule has 0 bridgehead atoms. The number of fused-ring (bicyclic) bond motifs is 4. The van der Waals surface area contributed by atoms with E-state index in [9.17, 15) is 10.2 Å². The van der Waals surface area contributed by atoms with Gasteiger partial charge in [-0.25, -0.2) is 0 Å². The zero-order chi connectivity index (χ0) is 14.9. The molecule has 116 valence electrons. The second-order valence-electron chi connectivity index (χ2n) is 8.53. The molecule has 2 nitrogen and oxygen atoms in total. The number of hydrogen-bond acceptors (Lipinski definition) is 2. The summed E-state index contributed by atoms with van der Waals surface area (Å²) in [4.78, 5) is 0. The summed E-state index contributed by atoms with van der Waals surface area (Å²) in [7, 11) is 0. The molecule has 2 N–H and O–H groups in total. The van der Waals surface area contributed by atoms with Crippen molar-refractivity contribution in [2.45, 2.75) is 71.0 Å². The molecular weight excluding hydrogens is 260 g/mol. The van der Waals surface area contributed by atoms with Crippen LogP contribution < -0.4 is 0 Å². The number of hydrogen-bond donors (Lipinski definition) is 2. The van der Waals surface area contributed by atoms with Crippen molar-refractivity contribution in [1.29, 1.82) is 0 Å². The molecule has 0 heterocycles. The molecule has 0 spiro atoms. The Bertz CT molecular complexity index is 530. The summed E-state index contributed by atoms with van der Waals surface area (Å²) < 4.78 is 0. The van der Waals surface area contributed by atoms with E-state index in [4.69, 9.17) is 0 Å². The lowest BCUT2D eigenvalue weighted by Gasteiger charge is -2.54. The third kappa shape index (κ3) is 1.91. The van der Waals surface area contributed by atoms with Gasteiger partial charge < -0.3 is 10.2 Å². The summed E-state index contributed by atoms with van der Waals surface area (Å²) >= 11 is 0. The smallest absolute Gasteiger partial charge is 0.182 e. The summed E-state index contributed by atoms with van der Waals surface area (Å²) in [5, 5.41) is 19.9. The van der Waals surface area contributed by atoms with E-state index in [1.807, 2.05) is 0 Å². The van der Waals surface area contributed by atoms with E-state index in [1.54, 1.807) is 17.2 Å². The molecule has 0 aromatic rings. The molecule has 4 atom stereocenters. The lowest BCUT2D eigenvalue weighted by Crippen LogP contribution is -2.48. The van der Waals surface area contributed by atoms with Crippen LogP contribution in [0.1, 0.15) is 65.2 Å². The van der Waals surface area contributed by atoms with Gasteiger partial charge in [-0.15, -0.1) is 0 Å². The summed E-state index contributed by atoms with van der Waals surface area (Å²) in [5.41, 5.74) is 4.18. The van der Waals surface area contributed by atoms with Crippen LogP contribution >= 0.6 is 0 Å². The highest BCUT2D eigenvalue weighted by Gasteiger charge is 2.53. The number of aliphatic hydroxyl groups is 2. The zero-order valence-corrected chi connectivity index (χ0v) is 13.4. The van der Waals surface area contributed by atoms with Crippen molar-refractivity contribution < 1.29 is 10.2 Å². The first-order valence-corrected chi connectivity index (χ1v) is 8.72. The van der Waals surface area contributed by atoms with Gasteiger partial charge in [0.15, 0.2) is 5.79 Å². The minimum atomic E-state index is -1.58. The SMILES string of the molecule is C[C@@]12CCCC1=C1CC[C@@H]3CC(O)(O)C=C[C@]3(C)[C@H]1CC2. The average molecular weight is 288 g/mol. The van der Waals surface area contributed by atoms with E-state index < -0.39 is 5.79 Å². The Morgan fingerprint density at radius 3 is 2.67 bits per heavy atom. The standard InChI is InChI=1S/C19H28O2/c1-17-8-3-4-15(17)14-6-5-13-12-19(20,21)11-10-18(13,2)16(14)7-9-17/h10-11,13,16,20-21H,3-9,12H2,1-2H3/t13-,16+,17+,18+/m1/s1. The van der Waals surface area contributed by atoms with Crippen LogP contribution in [-0.2, 0) is 0 Å². The second-order valence-corrected chi connectivity index (χ2v) is 8.53. The maximum Gasteiger partial charge on any atom is 0.182 e. The van der Waals surface area contributed by atoms with Crippen LogP contribution in [0.4, 0.5) is 0 Å². The van der Waals surface area contributed by atoms with Gasteiger partial charge in [0.25, 0.3) is 0 Å². The highest BCUT2D eigenvalue weighted by atomic mass is 16.5. The van der Waals surface area contributed by atoms with Crippen LogP contribution in [0.3, 0.4) is 0 Å². The molecule has 0 aromatic carbocycles. The summed E-state index contributed by atoms with van der Waals surface area (Å²) in [6.07, 6.45) is 13.3. The third-order valence-corrected chi connectivity index (χ3v) is 7.33. The summed E-state index contributed by atoms with van der Waals surface area (Å²) in [6, 6.07) is 0. The van der Waals surface area contributed by atoms with Crippen molar-refractivity contribution in [2.24, 2.45) is 22.7 Å². The monoisotopic (exact) mass is 288 g/mol. The fraction of sp³-hybridized carbons (Fsp3) is 0.789. The second kappa shape index (κ2) is 4.23. The molecule has 0 aliphatic heterocycles. The van der Waals surface area contributed by atoms with Gasteiger partial charge >= 0.3 is 0 Å². The maximum absolute atomic E-state index is 9.97. The Hall–Kier alpha value is -0.600. The Morgan fingerprint density at radius 2 is 1.86 bits per heavy atom. The largest absolute Gasteiger partial charge is 0.362 e. The van der Waals surface area contributed by atoms with Crippen molar-refractivity contribution in [1.82, 2.24) is 0 Å². The normalized spacial score (nSPS) is 47.8. The van der Waals surface area contributed by atoms with Crippen LogP contribution in [0.25, 0.3) is 0 Å². The molecule has 0 amide bonds. The molecule has 0 saturated heterocycles. The van der Waals surface area contributed by atoms with Gasteiger partial charge in [-0.1, -0.05) is 31.1 Å². The van der Waals surface area contributed by atoms with Crippen LogP contribution in [0.5, 0.6) is 0 Å². The molecular formula is C19H28O2. The predicted molar refractivity (Wildman–Crippen MR) is 83.5 cm³/mol. The highest BCUT2D eigenvalue weighted by Crippen LogP contribution is 2.62. The van der Waals surface area contributed by atoms with Gasteiger partial charge in [-0.2, -0.15) is 0 Å². The molecule has 0 aromatic heterocycles. The van der Waals surface area contributed by atoms with E-state index in [-0.39, 0.29) is 5.41 Å². The van der Waals surface area contributed by atoms with E-state index in [2.05, 4.69) is 19.9 Å². The topological polar surface area (TPSA) is 40.5 Å². The van der Waals surface area contributed by atoms with Gasteiger partial charge in [0.2, 0.25) is 0 Å². The zero-order valence-electron chi connectivity index (χ0n) is 13.4. The van der Waals surface area contributed by atoms with Crippen molar-refractivity contribution in [2.75, 3.05) is 0 Å². The molecule has 0 unspecified atom stereocenters. The molecule has 2 fully saturated rings. The third-order valence-electron chi connectivity index (χ3n) is 7.33. The first kappa shape index (κ1) is 14.0. The van der Waals surface area contributed by atoms with Crippen molar-refractivity contribution in [3.8, 4) is 0 Å². The Kier molecular flexibility index (Phi) is 2.83. The lowest BCUT2D eigenvalue weighted by molar-refractivity contribution is -0.153. The van der Waals surface area contributed by atoms with Gasteiger partial charge in [-0.05, 0) is 73.7 Å². The van der Waals surface area contributed by atoms with Gasteiger partial charge in [0.1, 0.15) is 0 Å². The molecule has 2 saturated carbocycles. The van der Waals surface area contributed by atoms with Crippen LogP contribution in [0.15, 0.2) is 23.3 Å². The quantitative estimate of drug-likeness (QED) is 0.523. The van der Waals surface area contributed by atoms with Gasteiger partial charge in [-0.3, -0.25) is 0 Å². The predicted octanol–water partition coefficient (Wildman–Crippen LogP) is 3.94. The van der Waals surface area contributed by atoms with Gasteiger partial charge in [0.05, 0.1) is 0 Å². The average Bonchev–Trinajstić information content (AvgIpc) is 2.81. The molecule has 0 radical (unpaired) electrons. The van der Waals surface area contributed by atoms with E-state index in [1.165, 1.54) is 38.5 Å². The van der Waals surface area contributed by atoms with E-state index >= 15 is 0 Å². The minimum Gasteiger partial charge on any atom is -0.362 e. The first-order valence-electron chi connectivity index (χ1n) is 8.72. The Labute approximate surface area is 127 Å². The van der Waals surface area contributed by atoms with Crippen molar-refractivity contribution >= 4 is 0 Å². The van der Waals surface area contributed by atoms with Crippen molar-refractivity contribution in [3.05, 3.63) is 23.3 Å². The lowest BCUT2D eigenvalue weighted by atomic mass is 9.51. The van der Waals surface area contributed by atoms with Crippen LogP contribution in [0, 0.1) is 22.7 Å². The van der Waals surface area contributed by atoms with E-state index in [0.29, 0.717) is 23.7 Å². The highest BCUT2D eigenvalue weighted by molar-refractivity contribution is 5.35. The Balaban J connectivity index is 1.77. The van der Waals surface area contributed by atoms with Crippen molar-refractivity contribution in [3.63, 3.8) is 0 Å². The number of rotatable bonds is 0. The number of allylic oxidation sites excluding steroid dienone is 3. The van der Waals surface area contributed by atoms with Crippen LogP contribution in [-0.4, -0.2) is 16.0 Å². The maximum atomic E-state index is 9.97. The molecule has 4 aliphatic rings. The fourth-order valence-corrected chi connectivity index (χ4v) is 6.03. The summed E-state index contributed by atoms with van der Waals surface area (Å²) in [5.74, 6) is -0.520. The molecule has 2 heteroatoms.